The monoisotopic (exact) mass is 306 g/mol. The predicted molar refractivity (Wildman–Crippen MR) is 74.2 cm³/mol. The van der Waals surface area contributed by atoms with Gasteiger partial charge in [0.25, 0.3) is 11.7 Å². The van der Waals surface area contributed by atoms with Crippen LogP contribution in [0.1, 0.15) is 21.8 Å². The van der Waals surface area contributed by atoms with Gasteiger partial charge in [0.2, 0.25) is 0 Å². The molecule has 0 fully saturated rings. The molecule has 1 aliphatic heterocycles. The lowest BCUT2D eigenvalue weighted by atomic mass is 10.1. The van der Waals surface area contributed by atoms with E-state index in [1.807, 2.05) is 0 Å². The molecule has 0 bridgehead atoms. The molecule has 0 unspecified atom stereocenters. The molecule has 0 saturated carbocycles. The van der Waals surface area contributed by atoms with Gasteiger partial charge in [-0.25, -0.2) is 0 Å². The Hall–Kier alpha value is -2.18. The molecule has 0 saturated heterocycles. The van der Waals surface area contributed by atoms with Gasteiger partial charge >= 0.3 is 0 Å². The van der Waals surface area contributed by atoms with Crippen LogP contribution >= 0.6 is 11.6 Å². The molecule has 108 valence electrons. The van der Waals surface area contributed by atoms with Crippen LogP contribution in [-0.4, -0.2) is 24.0 Å². The van der Waals surface area contributed by atoms with Crippen LogP contribution in [0.3, 0.4) is 0 Å². The van der Waals surface area contributed by atoms with Crippen LogP contribution in [0.25, 0.3) is 0 Å². The number of aromatic nitrogens is 1. The van der Waals surface area contributed by atoms with Gasteiger partial charge in [-0.2, -0.15) is 0 Å². The van der Waals surface area contributed by atoms with Crippen molar-refractivity contribution < 1.29 is 18.8 Å². The highest BCUT2D eigenvalue weighted by atomic mass is 35.5. The molecular formula is C14H11ClN2O4. The van der Waals surface area contributed by atoms with Gasteiger partial charge in [-0.3, -0.25) is 14.5 Å². The summed E-state index contributed by atoms with van der Waals surface area (Å²) in [5.74, 6) is -0.599. The summed E-state index contributed by atoms with van der Waals surface area (Å²) in [4.78, 5) is 25.4. The van der Waals surface area contributed by atoms with E-state index in [0.717, 1.165) is 0 Å². The van der Waals surface area contributed by atoms with Crippen LogP contribution in [-0.2, 0) is 22.7 Å². The molecular weight excluding hydrogens is 296 g/mol. The van der Waals surface area contributed by atoms with Crippen LogP contribution in [0.2, 0.25) is 5.02 Å². The van der Waals surface area contributed by atoms with Crippen molar-refractivity contribution in [1.82, 2.24) is 5.16 Å². The van der Waals surface area contributed by atoms with Crippen LogP contribution in [0.5, 0.6) is 0 Å². The number of rotatable bonds is 4. The van der Waals surface area contributed by atoms with Crippen LogP contribution in [0, 0.1) is 0 Å². The van der Waals surface area contributed by atoms with E-state index >= 15 is 0 Å². The maximum Gasteiger partial charge on any atom is 0.299 e. The summed E-state index contributed by atoms with van der Waals surface area (Å²) in [5, 5.41) is 4.28. The third kappa shape index (κ3) is 2.43. The lowest BCUT2D eigenvalue weighted by Gasteiger charge is -2.14. The molecule has 0 aliphatic carbocycles. The maximum atomic E-state index is 12.1. The minimum absolute atomic E-state index is 0.159. The average Bonchev–Trinajstić information content (AvgIpc) is 2.99. The molecule has 21 heavy (non-hydrogen) atoms. The standard InChI is InChI=1S/C14H11ClN2O4/c1-20-7-10-5-9(16-21-10)6-17-12-3-2-8(15)4-11(12)13(18)14(17)19/h2-5H,6-7H2,1H3. The Morgan fingerprint density at radius 2 is 2.14 bits per heavy atom. The van der Waals surface area contributed by atoms with E-state index in [2.05, 4.69) is 5.16 Å². The second kappa shape index (κ2) is 5.31. The largest absolute Gasteiger partial charge is 0.377 e. The average molecular weight is 307 g/mol. The van der Waals surface area contributed by atoms with E-state index in [-0.39, 0.29) is 6.54 Å². The number of hydrogen-bond donors (Lipinski definition) is 0. The fraction of sp³-hybridized carbons (Fsp3) is 0.214. The van der Waals surface area contributed by atoms with Crippen molar-refractivity contribution in [1.29, 1.82) is 0 Å². The van der Waals surface area contributed by atoms with Gasteiger partial charge in [0.1, 0.15) is 12.3 Å². The molecule has 0 N–H and O–H groups in total. The zero-order valence-corrected chi connectivity index (χ0v) is 11.9. The minimum atomic E-state index is -0.594. The Morgan fingerprint density at radius 1 is 1.33 bits per heavy atom. The number of halogens is 1. The molecule has 1 aromatic heterocycles. The van der Waals surface area contributed by atoms with Gasteiger partial charge in [-0.15, -0.1) is 0 Å². The number of carbonyl (C=O) groups excluding carboxylic acids is 2. The first-order chi connectivity index (χ1) is 10.1. The fourth-order valence-corrected chi connectivity index (χ4v) is 2.40. The van der Waals surface area contributed by atoms with Crippen LogP contribution in [0.4, 0.5) is 5.69 Å². The third-order valence-corrected chi connectivity index (χ3v) is 3.38. The van der Waals surface area contributed by atoms with Crippen molar-refractivity contribution in [3.05, 3.63) is 46.3 Å². The SMILES string of the molecule is COCc1cc(CN2C(=O)C(=O)c3cc(Cl)ccc32)no1. The summed E-state index contributed by atoms with van der Waals surface area (Å²) in [6, 6.07) is 6.47. The smallest absolute Gasteiger partial charge is 0.299 e. The number of amides is 1. The quantitative estimate of drug-likeness (QED) is 0.810. The van der Waals surface area contributed by atoms with Crippen molar-refractivity contribution in [2.75, 3.05) is 12.0 Å². The Bertz CT molecular complexity index is 726. The first kappa shape index (κ1) is 13.8. The number of hydrogen-bond acceptors (Lipinski definition) is 5. The highest BCUT2D eigenvalue weighted by Crippen LogP contribution is 2.32. The molecule has 6 nitrogen and oxygen atoms in total. The summed E-state index contributed by atoms with van der Waals surface area (Å²) >= 11 is 5.86. The van der Waals surface area contributed by atoms with Gasteiger partial charge in [0.15, 0.2) is 5.76 Å². The molecule has 0 atom stereocenters. The lowest BCUT2D eigenvalue weighted by molar-refractivity contribution is -0.114. The summed E-state index contributed by atoms with van der Waals surface area (Å²) in [6.07, 6.45) is 0. The first-order valence-corrected chi connectivity index (χ1v) is 6.57. The number of fused-ring (bicyclic) bond motifs is 1. The highest BCUT2D eigenvalue weighted by Gasteiger charge is 2.36. The normalized spacial score (nSPS) is 13.9. The molecule has 0 radical (unpaired) electrons. The van der Waals surface area contributed by atoms with Gasteiger partial charge in [-0.1, -0.05) is 16.8 Å². The van der Waals surface area contributed by atoms with Gasteiger partial charge in [0.05, 0.1) is 17.8 Å². The van der Waals surface area contributed by atoms with E-state index in [1.165, 1.54) is 11.0 Å². The van der Waals surface area contributed by atoms with Crippen molar-refractivity contribution >= 4 is 29.0 Å². The van der Waals surface area contributed by atoms with Crippen molar-refractivity contribution in [2.45, 2.75) is 13.2 Å². The number of carbonyl (C=O) groups is 2. The summed E-state index contributed by atoms with van der Waals surface area (Å²) < 4.78 is 10.0. The van der Waals surface area contributed by atoms with E-state index in [0.29, 0.717) is 34.3 Å². The topological polar surface area (TPSA) is 72.6 Å². The van der Waals surface area contributed by atoms with E-state index in [9.17, 15) is 9.59 Å². The van der Waals surface area contributed by atoms with Gasteiger partial charge < -0.3 is 9.26 Å². The number of benzene rings is 1. The Balaban J connectivity index is 1.89. The fourth-order valence-electron chi connectivity index (χ4n) is 2.23. The number of anilines is 1. The second-order valence-corrected chi connectivity index (χ2v) is 5.04. The Kier molecular flexibility index (Phi) is 3.48. The molecule has 7 heteroatoms. The van der Waals surface area contributed by atoms with Crippen LogP contribution in [0.15, 0.2) is 28.8 Å². The first-order valence-electron chi connectivity index (χ1n) is 6.19. The number of nitrogens with zero attached hydrogens (tertiary/aromatic N) is 2. The second-order valence-electron chi connectivity index (χ2n) is 4.60. The summed E-state index contributed by atoms with van der Waals surface area (Å²) in [6.45, 7) is 0.457. The molecule has 1 amide bonds. The Labute approximate surface area is 125 Å². The Morgan fingerprint density at radius 3 is 2.90 bits per heavy atom. The summed E-state index contributed by atoms with van der Waals surface area (Å²) in [5.41, 5.74) is 1.39. The number of ether oxygens (including phenoxy) is 1. The number of Topliss-reactive ketones (excluding diaryl/α,β-unsaturated/α-hetero) is 1. The van der Waals surface area contributed by atoms with E-state index in [4.69, 9.17) is 20.9 Å². The van der Waals surface area contributed by atoms with Gasteiger partial charge in [0, 0.05) is 18.2 Å². The van der Waals surface area contributed by atoms with Gasteiger partial charge in [-0.05, 0) is 18.2 Å². The number of methoxy groups -OCH3 is 1. The molecule has 2 heterocycles. The molecule has 2 aromatic rings. The minimum Gasteiger partial charge on any atom is -0.377 e. The van der Waals surface area contributed by atoms with Crippen molar-refractivity contribution in [2.24, 2.45) is 0 Å². The maximum absolute atomic E-state index is 12.1. The van der Waals surface area contributed by atoms with Crippen LogP contribution < -0.4 is 4.90 Å². The predicted octanol–water partition coefficient (Wildman–Crippen LogP) is 2.20. The zero-order valence-electron chi connectivity index (χ0n) is 11.1. The van der Waals surface area contributed by atoms with Crippen molar-refractivity contribution in [3.8, 4) is 0 Å². The van der Waals surface area contributed by atoms with E-state index in [1.54, 1.807) is 25.3 Å². The zero-order chi connectivity index (χ0) is 15.0. The third-order valence-electron chi connectivity index (χ3n) is 3.15. The lowest BCUT2D eigenvalue weighted by Crippen LogP contribution is -2.29. The molecule has 1 aliphatic rings. The molecule has 0 spiro atoms. The van der Waals surface area contributed by atoms with E-state index < -0.39 is 11.7 Å². The highest BCUT2D eigenvalue weighted by molar-refractivity contribution is 6.52. The molecule has 1 aromatic carbocycles. The number of ketones is 1. The molecule has 3 rings (SSSR count). The summed E-state index contributed by atoms with van der Waals surface area (Å²) in [7, 11) is 1.55. The van der Waals surface area contributed by atoms with Crippen molar-refractivity contribution in [3.63, 3.8) is 0 Å².